The summed E-state index contributed by atoms with van der Waals surface area (Å²) in [6.07, 6.45) is 14.0. The first-order chi connectivity index (χ1) is 10.9. The van der Waals surface area contributed by atoms with E-state index < -0.39 is 0 Å². The summed E-state index contributed by atoms with van der Waals surface area (Å²) in [5.74, 6) is 0. The Hall–Kier alpha value is -1.63. The molecule has 0 saturated carbocycles. The highest BCUT2D eigenvalue weighted by molar-refractivity contribution is 5.63. The lowest BCUT2D eigenvalue weighted by atomic mass is 9.98. The Balaban J connectivity index is 1.77. The van der Waals surface area contributed by atoms with E-state index in [2.05, 4.69) is 48.3 Å². The van der Waals surface area contributed by atoms with Crippen LogP contribution in [0.2, 0.25) is 0 Å². The van der Waals surface area contributed by atoms with Crippen LogP contribution in [0.1, 0.15) is 63.9 Å². The number of hydrogen-bond acceptors (Lipinski definition) is 1. The monoisotopic (exact) mass is 295 g/mol. The molecule has 22 heavy (non-hydrogen) atoms. The van der Waals surface area contributed by atoms with Gasteiger partial charge >= 0.3 is 0 Å². The second-order valence-corrected chi connectivity index (χ2v) is 6.10. The maximum Gasteiger partial charge on any atom is 0.0704 e. The van der Waals surface area contributed by atoms with Crippen molar-refractivity contribution in [2.24, 2.45) is 0 Å². The van der Waals surface area contributed by atoms with Gasteiger partial charge in [-0.1, -0.05) is 82.2 Å². The predicted molar refractivity (Wildman–Crippen MR) is 96.0 cm³/mol. The van der Waals surface area contributed by atoms with E-state index in [4.69, 9.17) is 0 Å². The molecular formula is C21H29N. The molecule has 0 spiro atoms. The number of benzene rings is 1. The van der Waals surface area contributed by atoms with E-state index in [1.165, 1.54) is 68.9 Å². The highest BCUT2D eigenvalue weighted by atomic mass is 14.7. The minimum absolute atomic E-state index is 1.10. The molecule has 0 aliphatic rings. The first kappa shape index (κ1) is 16.7. The van der Waals surface area contributed by atoms with E-state index in [-0.39, 0.29) is 0 Å². The highest BCUT2D eigenvalue weighted by Gasteiger charge is 2.04. The largest absolute Gasteiger partial charge is 0.256 e. The normalized spacial score (nSPS) is 10.8. The molecule has 1 nitrogen and oxygen atoms in total. The van der Waals surface area contributed by atoms with Gasteiger partial charge in [-0.25, -0.2) is 0 Å². The molecule has 0 bridgehead atoms. The van der Waals surface area contributed by atoms with Crippen LogP contribution in [0, 0.1) is 0 Å². The average molecular weight is 295 g/mol. The summed E-state index contributed by atoms with van der Waals surface area (Å²) in [6, 6.07) is 14.9. The number of pyridine rings is 1. The maximum absolute atomic E-state index is 4.50. The third kappa shape index (κ3) is 5.63. The van der Waals surface area contributed by atoms with Crippen molar-refractivity contribution in [3.05, 3.63) is 54.2 Å². The molecule has 2 rings (SSSR count). The Morgan fingerprint density at radius 2 is 1.41 bits per heavy atom. The van der Waals surface area contributed by atoms with Gasteiger partial charge in [0.2, 0.25) is 0 Å². The van der Waals surface area contributed by atoms with Gasteiger partial charge in [0.1, 0.15) is 0 Å². The minimum atomic E-state index is 1.10. The predicted octanol–water partition coefficient (Wildman–Crippen LogP) is 6.43. The first-order valence-corrected chi connectivity index (χ1v) is 8.91. The van der Waals surface area contributed by atoms with E-state index in [9.17, 15) is 0 Å². The Labute approximate surface area is 135 Å². The lowest BCUT2D eigenvalue weighted by Crippen LogP contribution is -1.92. The molecule has 1 aromatic carbocycles. The smallest absolute Gasteiger partial charge is 0.0704 e. The van der Waals surface area contributed by atoms with Crippen molar-refractivity contribution < 1.29 is 0 Å². The fraction of sp³-hybridized carbons (Fsp3) is 0.476. The highest BCUT2D eigenvalue weighted by Crippen LogP contribution is 2.23. The molecule has 0 unspecified atom stereocenters. The van der Waals surface area contributed by atoms with Crippen molar-refractivity contribution in [1.29, 1.82) is 0 Å². The molecule has 1 heteroatoms. The van der Waals surface area contributed by atoms with Crippen LogP contribution in [-0.4, -0.2) is 4.98 Å². The van der Waals surface area contributed by atoms with Gasteiger partial charge < -0.3 is 0 Å². The number of nitrogens with zero attached hydrogens (tertiary/aromatic N) is 1. The van der Waals surface area contributed by atoms with E-state index in [0.29, 0.717) is 0 Å². The second kappa shape index (κ2) is 10.2. The molecule has 1 aromatic heterocycles. The summed E-state index contributed by atoms with van der Waals surface area (Å²) < 4.78 is 0. The summed E-state index contributed by atoms with van der Waals surface area (Å²) in [5, 5.41) is 0. The maximum atomic E-state index is 4.50. The Kier molecular flexibility index (Phi) is 7.73. The standard InChI is InChI=1S/C21H29N/c1-2-3-4-5-6-7-8-9-14-19-15-10-11-16-20(19)21-17-12-13-18-22-21/h10-13,15-18H,2-9,14H2,1H3. The van der Waals surface area contributed by atoms with Crippen molar-refractivity contribution in [3.8, 4) is 11.3 Å². The van der Waals surface area contributed by atoms with Gasteiger partial charge in [0.25, 0.3) is 0 Å². The van der Waals surface area contributed by atoms with Gasteiger partial charge in [0.05, 0.1) is 5.69 Å². The number of unbranched alkanes of at least 4 members (excludes halogenated alkanes) is 7. The molecule has 0 atom stereocenters. The molecule has 0 amide bonds. The quantitative estimate of drug-likeness (QED) is 0.460. The molecule has 0 aliphatic heterocycles. The number of hydrogen-bond donors (Lipinski definition) is 0. The molecule has 0 N–H and O–H groups in total. The van der Waals surface area contributed by atoms with Crippen LogP contribution in [0.5, 0.6) is 0 Å². The second-order valence-electron chi connectivity index (χ2n) is 6.10. The Morgan fingerprint density at radius 3 is 2.14 bits per heavy atom. The van der Waals surface area contributed by atoms with Crippen LogP contribution in [0.25, 0.3) is 11.3 Å². The van der Waals surface area contributed by atoms with Crippen LogP contribution >= 0.6 is 0 Å². The fourth-order valence-corrected chi connectivity index (χ4v) is 2.96. The van der Waals surface area contributed by atoms with Crippen molar-refractivity contribution in [3.63, 3.8) is 0 Å². The van der Waals surface area contributed by atoms with E-state index in [1.807, 2.05) is 12.3 Å². The summed E-state index contributed by atoms with van der Waals surface area (Å²) in [5.41, 5.74) is 3.83. The Morgan fingerprint density at radius 1 is 0.727 bits per heavy atom. The lowest BCUT2D eigenvalue weighted by molar-refractivity contribution is 0.575. The summed E-state index contributed by atoms with van der Waals surface area (Å²) in [7, 11) is 0. The van der Waals surface area contributed by atoms with Crippen LogP contribution < -0.4 is 0 Å². The number of aryl methyl sites for hydroxylation is 1. The zero-order valence-electron chi connectivity index (χ0n) is 13.9. The van der Waals surface area contributed by atoms with Crippen LogP contribution in [0.4, 0.5) is 0 Å². The van der Waals surface area contributed by atoms with Gasteiger partial charge in [0.15, 0.2) is 0 Å². The number of aromatic nitrogens is 1. The summed E-state index contributed by atoms with van der Waals surface area (Å²) in [4.78, 5) is 4.50. The average Bonchev–Trinajstić information content (AvgIpc) is 2.58. The van der Waals surface area contributed by atoms with Crippen LogP contribution in [0.3, 0.4) is 0 Å². The van der Waals surface area contributed by atoms with Crippen molar-refractivity contribution >= 4 is 0 Å². The molecule has 0 fully saturated rings. The summed E-state index contributed by atoms with van der Waals surface area (Å²) >= 11 is 0. The molecule has 2 aromatic rings. The van der Waals surface area contributed by atoms with Crippen LogP contribution in [-0.2, 0) is 6.42 Å². The van der Waals surface area contributed by atoms with Gasteiger partial charge in [-0.05, 0) is 30.5 Å². The van der Waals surface area contributed by atoms with Gasteiger partial charge in [0, 0.05) is 11.8 Å². The topological polar surface area (TPSA) is 12.9 Å². The molecule has 118 valence electrons. The fourth-order valence-electron chi connectivity index (χ4n) is 2.96. The van der Waals surface area contributed by atoms with Gasteiger partial charge in [-0.2, -0.15) is 0 Å². The molecule has 1 heterocycles. The zero-order chi connectivity index (χ0) is 15.5. The molecule has 0 saturated heterocycles. The Bertz CT molecular complexity index is 518. The third-order valence-corrected chi connectivity index (χ3v) is 4.26. The molecule has 0 radical (unpaired) electrons. The molecule has 0 aliphatic carbocycles. The van der Waals surface area contributed by atoms with Crippen molar-refractivity contribution in [2.75, 3.05) is 0 Å². The van der Waals surface area contributed by atoms with Gasteiger partial charge in [-0.3, -0.25) is 4.98 Å². The van der Waals surface area contributed by atoms with Crippen LogP contribution in [0.15, 0.2) is 48.7 Å². The SMILES string of the molecule is CCCCCCCCCCc1ccccc1-c1ccccn1. The van der Waals surface area contributed by atoms with Crippen molar-refractivity contribution in [1.82, 2.24) is 4.98 Å². The van der Waals surface area contributed by atoms with E-state index in [0.717, 1.165) is 5.69 Å². The summed E-state index contributed by atoms with van der Waals surface area (Å²) in [6.45, 7) is 2.28. The molecular weight excluding hydrogens is 266 g/mol. The van der Waals surface area contributed by atoms with Crippen molar-refractivity contribution in [2.45, 2.75) is 64.7 Å². The number of rotatable bonds is 10. The lowest BCUT2D eigenvalue weighted by Gasteiger charge is -2.09. The van der Waals surface area contributed by atoms with E-state index in [1.54, 1.807) is 0 Å². The van der Waals surface area contributed by atoms with E-state index >= 15 is 0 Å². The first-order valence-electron chi connectivity index (χ1n) is 8.91. The third-order valence-electron chi connectivity index (χ3n) is 4.26. The minimum Gasteiger partial charge on any atom is -0.256 e. The zero-order valence-corrected chi connectivity index (χ0v) is 13.9. The van der Waals surface area contributed by atoms with Gasteiger partial charge in [-0.15, -0.1) is 0 Å².